The van der Waals surface area contributed by atoms with Crippen molar-refractivity contribution in [1.82, 2.24) is 10.3 Å². The minimum atomic E-state index is -0.269. The first-order chi connectivity index (χ1) is 14.9. The Morgan fingerprint density at radius 3 is 2.71 bits per heavy atom. The number of carbonyl (C=O) groups excluding carboxylic acids is 2. The van der Waals surface area contributed by atoms with Crippen LogP contribution in [0.25, 0.3) is 10.6 Å². The van der Waals surface area contributed by atoms with Gasteiger partial charge in [0.15, 0.2) is 6.61 Å². The lowest BCUT2D eigenvalue weighted by atomic mass is 10.1. The Bertz CT molecular complexity index is 1110. The SMILES string of the molecule is CC(C)Oc1ccc(-c2nc(C(=O)NC(C)c3ccc4c(c3)NC(=O)CO4)cs2)cc1. The summed E-state index contributed by atoms with van der Waals surface area (Å²) in [6.45, 7) is 5.85. The third kappa shape index (κ3) is 4.86. The highest BCUT2D eigenvalue weighted by Crippen LogP contribution is 2.31. The predicted octanol–water partition coefficient (Wildman–Crippen LogP) is 4.42. The number of thiazole rings is 1. The van der Waals surface area contributed by atoms with Crippen LogP contribution in [0.3, 0.4) is 0 Å². The van der Waals surface area contributed by atoms with E-state index in [4.69, 9.17) is 9.47 Å². The van der Waals surface area contributed by atoms with E-state index in [2.05, 4.69) is 15.6 Å². The number of nitrogens with one attached hydrogen (secondary N) is 2. The number of aromatic nitrogens is 1. The number of amides is 2. The van der Waals surface area contributed by atoms with Crippen LogP contribution in [0.2, 0.25) is 0 Å². The van der Waals surface area contributed by atoms with Crippen LogP contribution in [0.5, 0.6) is 11.5 Å². The third-order valence-electron chi connectivity index (χ3n) is 4.69. The van der Waals surface area contributed by atoms with Crippen molar-refractivity contribution < 1.29 is 19.1 Å². The van der Waals surface area contributed by atoms with Crippen LogP contribution >= 0.6 is 11.3 Å². The zero-order valence-electron chi connectivity index (χ0n) is 17.5. The van der Waals surface area contributed by atoms with Crippen molar-refractivity contribution in [3.05, 3.63) is 59.1 Å². The number of hydrogen-bond donors (Lipinski definition) is 2. The molecule has 1 aliphatic heterocycles. The fourth-order valence-electron chi connectivity index (χ4n) is 3.18. The molecule has 7 nitrogen and oxygen atoms in total. The second-order valence-corrected chi connectivity index (χ2v) is 8.37. The molecule has 1 atom stereocenters. The second kappa shape index (κ2) is 8.77. The lowest BCUT2D eigenvalue weighted by molar-refractivity contribution is -0.118. The van der Waals surface area contributed by atoms with Gasteiger partial charge < -0.3 is 20.1 Å². The molecule has 31 heavy (non-hydrogen) atoms. The van der Waals surface area contributed by atoms with Crippen LogP contribution in [0.1, 0.15) is 42.9 Å². The smallest absolute Gasteiger partial charge is 0.271 e. The zero-order valence-corrected chi connectivity index (χ0v) is 18.3. The molecule has 2 amide bonds. The van der Waals surface area contributed by atoms with Crippen LogP contribution in [0.4, 0.5) is 5.69 Å². The molecule has 0 spiro atoms. The normalized spacial score (nSPS) is 13.7. The first kappa shape index (κ1) is 20.9. The summed E-state index contributed by atoms with van der Waals surface area (Å²) >= 11 is 1.42. The van der Waals surface area contributed by atoms with Crippen molar-refractivity contribution in [1.29, 1.82) is 0 Å². The molecule has 4 rings (SSSR count). The van der Waals surface area contributed by atoms with Gasteiger partial charge >= 0.3 is 0 Å². The van der Waals surface area contributed by atoms with Crippen molar-refractivity contribution in [2.24, 2.45) is 0 Å². The summed E-state index contributed by atoms with van der Waals surface area (Å²) in [7, 11) is 0. The first-order valence-corrected chi connectivity index (χ1v) is 10.9. The minimum absolute atomic E-state index is 0.0122. The molecular formula is C23H23N3O4S. The summed E-state index contributed by atoms with van der Waals surface area (Å²) in [6, 6.07) is 12.9. The molecule has 2 N–H and O–H groups in total. The van der Waals surface area contributed by atoms with E-state index in [9.17, 15) is 9.59 Å². The minimum Gasteiger partial charge on any atom is -0.491 e. The highest BCUT2D eigenvalue weighted by molar-refractivity contribution is 7.13. The highest BCUT2D eigenvalue weighted by atomic mass is 32.1. The van der Waals surface area contributed by atoms with Gasteiger partial charge in [0.2, 0.25) is 0 Å². The predicted molar refractivity (Wildman–Crippen MR) is 120 cm³/mol. The summed E-state index contributed by atoms with van der Waals surface area (Å²) in [5.41, 5.74) is 2.76. The molecule has 0 aliphatic carbocycles. The maximum absolute atomic E-state index is 12.7. The van der Waals surface area contributed by atoms with Crippen molar-refractivity contribution in [2.75, 3.05) is 11.9 Å². The Labute approximate surface area is 184 Å². The van der Waals surface area contributed by atoms with Gasteiger partial charge in [-0.05, 0) is 62.7 Å². The summed E-state index contributed by atoms with van der Waals surface area (Å²) in [4.78, 5) is 28.7. The van der Waals surface area contributed by atoms with Crippen LogP contribution in [0, 0.1) is 0 Å². The summed E-state index contributed by atoms with van der Waals surface area (Å²) in [5.74, 6) is 0.970. The highest BCUT2D eigenvalue weighted by Gasteiger charge is 2.19. The maximum atomic E-state index is 12.7. The Kier molecular flexibility index (Phi) is 5.90. The van der Waals surface area contributed by atoms with Gasteiger partial charge in [-0.3, -0.25) is 9.59 Å². The van der Waals surface area contributed by atoms with E-state index in [0.29, 0.717) is 17.1 Å². The Hall–Kier alpha value is -3.39. The molecule has 0 bridgehead atoms. The summed E-state index contributed by atoms with van der Waals surface area (Å²) < 4.78 is 11.0. The average Bonchev–Trinajstić information content (AvgIpc) is 3.23. The van der Waals surface area contributed by atoms with E-state index in [1.54, 1.807) is 11.4 Å². The van der Waals surface area contributed by atoms with Gasteiger partial charge in [0.05, 0.1) is 17.8 Å². The molecule has 1 aromatic heterocycles. The van der Waals surface area contributed by atoms with Gasteiger partial charge in [-0.15, -0.1) is 11.3 Å². The molecule has 0 fully saturated rings. The van der Waals surface area contributed by atoms with Gasteiger partial charge in [0.1, 0.15) is 22.2 Å². The molecular weight excluding hydrogens is 414 g/mol. The van der Waals surface area contributed by atoms with Gasteiger partial charge in [-0.2, -0.15) is 0 Å². The van der Waals surface area contributed by atoms with E-state index in [1.807, 2.05) is 57.2 Å². The maximum Gasteiger partial charge on any atom is 0.271 e. The van der Waals surface area contributed by atoms with E-state index >= 15 is 0 Å². The summed E-state index contributed by atoms with van der Waals surface area (Å²) in [6.07, 6.45) is 0.113. The number of nitrogens with zero attached hydrogens (tertiary/aromatic N) is 1. The Morgan fingerprint density at radius 2 is 1.97 bits per heavy atom. The lowest BCUT2D eigenvalue weighted by Gasteiger charge is -2.20. The first-order valence-electron chi connectivity index (χ1n) is 9.99. The number of carbonyl (C=O) groups is 2. The number of rotatable bonds is 6. The fourth-order valence-corrected chi connectivity index (χ4v) is 3.99. The quantitative estimate of drug-likeness (QED) is 0.596. The van der Waals surface area contributed by atoms with Crippen LogP contribution in [-0.2, 0) is 4.79 Å². The molecule has 1 unspecified atom stereocenters. The molecule has 0 saturated carbocycles. The Balaban J connectivity index is 1.43. The number of hydrogen-bond acceptors (Lipinski definition) is 6. The molecule has 3 aromatic rings. The topological polar surface area (TPSA) is 89.5 Å². The molecule has 0 radical (unpaired) electrons. The molecule has 0 saturated heterocycles. The van der Waals surface area contributed by atoms with Gasteiger partial charge in [-0.1, -0.05) is 6.07 Å². The van der Waals surface area contributed by atoms with E-state index in [0.717, 1.165) is 21.9 Å². The van der Waals surface area contributed by atoms with Crippen molar-refractivity contribution in [2.45, 2.75) is 32.9 Å². The lowest BCUT2D eigenvalue weighted by Crippen LogP contribution is -2.28. The van der Waals surface area contributed by atoms with Crippen molar-refractivity contribution in [3.63, 3.8) is 0 Å². The Morgan fingerprint density at radius 1 is 1.19 bits per heavy atom. The van der Waals surface area contributed by atoms with Crippen molar-refractivity contribution in [3.8, 4) is 22.1 Å². The molecule has 1 aliphatic rings. The van der Waals surface area contributed by atoms with Crippen LogP contribution in [-0.4, -0.2) is 29.5 Å². The average molecular weight is 438 g/mol. The number of benzene rings is 2. The molecule has 2 aromatic carbocycles. The van der Waals surface area contributed by atoms with Gasteiger partial charge in [-0.25, -0.2) is 4.98 Å². The second-order valence-electron chi connectivity index (χ2n) is 7.52. The van der Waals surface area contributed by atoms with Crippen LogP contribution in [0.15, 0.2) is 47.8 Å². The van der Waals surface area contributed by atoms with Gasteiger partial charge in [0, 0.05) is 10.9 Å². The summed E-state index contributed by atoms with van der Waals surface area (Å²) in [5, 5.41) is 8.25. The van der Waals surface area contributed by atoms with E-state index in [1.165, 1.54) is 11.3 Å². The molecule has 8 heteroatoms. The van der Waals surface area contributed by atoms with E-state index < -0.39 is 0 Å². The monoisotopic (exact) mass is 437 g/mol. The van der Waals surface area contributed by atoms with Crippen molar-refractivity contribution >= 4 is 28.8 Å². The number of ether oxygens (including phenoxy) is 2. The van der Waals surface area contributed by atoms with Crippen LogP contribution < -0.4 is 20.1 Å². The standard InChI is InChI=1S/C23H23N3O4S/c1-13(2)30-17-7-4-15(5-8-17)23-26-19(12-31-23)22(28)24-14(3)16-6-9-20-18(10-16)25-21(27)11-29-20/h4-10,12-14H,11H2,1-3H3,(H,24,28)(H,25,27). The zero-order chi connectivity index (χ0) is 22.0. The molecule has 2 heterocycles. The largest absolute Gasteiger partial charge is 0.491 e. The number of fused-ring (bicyclic) bond motifs is 1. The number of anilines is 1. The fraction of sp³-hybridized carbons (Fsp3) is 0.261. The third-order valence-corrected chi connectivity index (χ3v) is 5.59. The van der Waals surface area contributed by atoms with E-state index in [-0.39, 0.29) is 30.6 Å². The van der Waals surface area contributed by atoms with Gasteiger partial charge in [0.25, 0.3) is 11.8 Å². The molecule has 160 valence electrons.